The summed E-state index contributed by atoms with van der Waals surface area (Å²) < 4.78 is 0. The number of nitrogens with zero attached hydrogens (tertiary/aromatic N) is 1. The maximum absolute atomic E-state index is 11.8. The van der Waals surface area contributed by atoms with E-state index in [9.17, 15) is 9.90 Å². The number of rotatable bonds is 5. The van der Waals surface area contributed by atoms with Gasteiger partial charge in [-0.3, -0.25) is 4.79 Å². The first-order valence-corrected chi connectivity index (χ1v) is 7.30. The molecule has 1 aliphatic rings. The molecule has 1 fully saturated rings. The number of nitrogens with one attached hydrogen (secondary N) is 1. The molecule has 0 radical (unpaired) electrons. The summed E-state index contributed by atoms with van der Waals surface area (Å²) in [6.45, 7) is 0.837. The van der Waals surface area contributed by atoms with Gasteiger partial charge in [0.2, 0.25) is 5.91 Å². The van der Waals surface area contributed by atoms with Crippen LogP contribution in [-0.2, 0) is 4.79 Å². The van der Waals surface area contributed by atoms with Crippen molar-refractivity contribution in [2.75, 3.05) is 13.2 Å². The number of hydrogen-bond donors (Lipinski definition) is 2. The van der Waals surface area contributed by atoms with Gasteiger partial charge in [0.25, 0.3) is 0 Å². The molecule has 21 heavy (non-hydrogen) atoms. The Hall–Kier alpha value is -2.12. The van der Waals surface area contributed by atoms with Crippen molar-refractivity contribution in [1.82, 2.24) is 5.32 Å². The van der Waals surface area contributed by atoms with Crippen LogP contribution in [0.15, 0.2) is 30.3 Å². The number of hydrogen-bond acceptors (Lipinski definition) is 3. The summed E-state index contributed by atoms with van der Waals surface area (Å²) in [4.78, 5) is 11.8. The topological polar surface area (TPSA) is 73.1 Å². The maximum atomic E-state index is 11.8. The number of aliphatic hydroxyl groups excluding tert-OH is 1. The number of amides is 1. The van der Waals surface area contributed by atoms with Crippen LogP contribution in [0, 0.1) is 23.2 Å². The van der Waals surface area contributed by atoms with E-state index in [0.29, 0.717) is 23.9 Å². The smallest absolute Gasteiger partial charge is 0.244 e. The first-order valence-electron chi connectivity index (χ1n) is 7.30. The molecule has 0 spiro atoms. The second-order valence-electron chi connectivity index (χ2n) is 5.45. The molecular formula is C17H20N2O2. The molecule has 0 heterocycles. The SMILES string of the molecule is N#Cc1ccc(C=CC(=O)NCC2CCCC2CO)cc1. The van der Waals surface area contributed by atoms with E-state index in [2.05, 4.69) is 11.4 Å². The van der Waals surface area contributed by atoms with Crippen molar-refractivity contribution in [2.24, 2.45) is 11.8 Å². The fourth-order valence-corrected chi connectivity index (χ4v) is 2.75. The third-order valence-corrected chi connectivity index (χ3v) is 4.06. The highest BCUT2D eigenvalue weighted by atomic mass is 16.3. The molecule has 0 aliphatic heterocycles. The van der Waals surface area contributed by atoms with Crippen LogP contribution in [0.3, 0.4) is 0 Å². The number of carbonyl (C=O) groups excluding carboxylic acids is 1. The zero-order valence-electron chi connectivity index (χ0n) is 12.0. The van der Waals surface area contributed by atoms with E-state index in [0.717, 1.165) is 24.8 Å². The van der Waals surface area contributed by atoms with Crippen molar-refractivity contribution in [2.45, 2.75) is 19.3 Å². The van der Waals surface area contributed by atoms with Crippen molar-refractivity contribution < 1.29 is 9.90 Å². The molecular weight excluding hydrogens is 264 g/mol. The highest BCUT2D eigenvalue weighted by molar-refractivity contribution is 5.91. The second kappa shape index (κ2) is 7.61. The molecule has 2 unspecified atom stereocenters. The van der Waals surface area contributed by atoms with Crippen molar-refractivity contribution >= 4 is 12.0 Å². The van der Waals surface area contributed by atoms with E-state index in [-0.39, 0.29) is 12.5 Å². The van der Waals surface area contributed by atoms with E-state index in [4.69, 9.17) is 5.26 Å². The van der Waals surface area contributed by atoms with Gasteiger partial charge in [0.1, 0.15) is 0 Å². The lowest BCUT2D eigenvalue weighted by molar-refractivity contribution is -0.116. The third kappa shape index (κ3) is 4.44. The number of carbonyl (C=O) groups is 1. The molecule has 0 saturated heterocycles. The fourth-order valence-electron chi connectivity index (χ4n) is 2.75. The molecule has 4 heteroatoms. The predicted octanol–water partition coefficient (Wildman–Crippen LogP) is 2.10. The summed E-state index contributed by atoms with van der Waals surface area (Å²) in [5.74, 6) is 0.595. The Balaban J connectivity index is 1.81. The van der Waals surface area contributed by atoms with E-state index < -0.39 is 0 Å². The summed E-state index contributed by atoms with van der Waals surface area (Å²) in [5, 5.41) is 20.9. The minimum atomic E-state index is -0.122. The largest absolute Gasteiger partial charge is 0.396 e. The Bertz CT molecular complexity index is 543. The Morgan fingerprint density at radius 1 is 1.33 bits per heavy atom. The Labute approximate surface area is 125 Å². The lowest BCUT2D eigenvalue weighted by atomic mass is 9.97. The minimum absolute atomic E-state index is 0.122. The Morgan fingerprint density at radius 2 is 2.05 bits per heavy atom. The molecule has 4 nitrogen and oxygen atoms in total. The molecule has 1 saturated carbocycles. The predicted molar refractivity (Wildman–Crippen MR) is 81.1 cm³/mol. The summed E-state index contributed by atoms with van der Waals surface area (Å²) >= 11 is 0. The summed E-state index contributed by atoms with van der Waals surface area (Å²) in [5.41, 5.74) is 1.49. The van der Waals surface area contributed by atoms with Gasteiger partial charge in [0.15, 0.2) is 0 Å². The average molecular weight is 284 g/mol. The minimum Gasteiger partial charge on any atom is -0.396 e. The van der Waals surface area contributed by atoms with E-state index in [1.54, 1.807) is 30.3 Å². The van der Waals surface area contributed by atoms with Crippen LogP contribution in [0.2, 0.25) is 0 Å². The summed E-state index contributed by atoms with van der Waals surface area (Å²) in [6.07, 6.45) is 6.49. The van der Waals surface area contributed by atoms with Crippen LogP contribution in [0.4, 0.5) is 0 Å². The van der Waals surface area contributed by atoms with Crippen LogP contribution in [-0.4, -0.2) is 24.2 Å². The van der Waals surface area contributed by atoms with Crippen LogP contribution in [0.5, 0.6) is 0 Å². The first kappa shape index (κ1) is 15.3. The van der Waals surface area contributed by atoms with Crippen molar-refractivity contribution in [3.8, 4) is 6.07 Å². The normalized spacial score (nSPS) is 21.3. The van der Waals surface area contributed by atoms with Gasteiger partial charge in [-0.25, -0.2) is 0 Å². The van der Waals surface area contributed by atoms with Gasteiger partial charge < -0.3 is 10.4 Å². The lowest BCUT2D eigenvalue weighted by Crippen LogP contribution is -2.30. The van der Waals surface area contributed by atoms with Crippen LogP contribution < -0.4 is 5.32 Å². The highest BCUT2D eigenvalue weighted by Crippen LogP contribution is 2.30. The van der Waals surface area contributed by atoms with Crippen molar-refractivity contribution in [3.63, 3.8) is 0 Å². The van der Waals surface area contributed by atoms with Crippen LogP contribution in [0.25, 0.3) is 6.08 Å². The summed E-state index contributed by atoms with van der Waals surface area (Å²) in [6, 6.07) is 9.12. The first-order chi connectivity index (χ1) is 10.2. The van der Waals surface area contributed by atoms with Gasteiger partial charge in [0, 0.05) is 19.2 Å². The molecule has 2 N–H and O–H groups in total. The third-order valence-electron chi connectivity index (χ3n) is 4.06. The summed E-state index contributed by atoms with van der Waals surface area (Å²) in [7, 11) is 0. The second-order valence-corrected chi connectivity index (χ2v) is 5.45. The molecule has 2 atom stereocenters. The average Bonchev–Trinajstić information content (AvgIpc) is 2.99. The fraction of sp³-hybridized carbons (Fsp3) is 0.412. The van der Waals surface area contributed by atoms with Gasteiger partial charge in [-0.1, -0.05) is 18.6 Å². The van der Waals surface area contributed by atoms with Gasteiger partial charge in [-0.05, 0) is 48.4 Å². The van der Waals surface area contributed by atoms with E-state index in [1.165, 1.54) is 6.08 Å². The zero-order chi connectivity index (χ0) is 15.1. The van der Waals surface area contributed by atoms with Crippen LogP contribution >= 0.6 is 0 Å². The van der Waals surface area contributed by atoms with E-state index >= 15 is 0 Å². The van der Waals surface area contributed by atoms with Gasteiger partial charge in [-0.15, -0.1) is 0 Å². The molecule has 1 aromatic rings. The highest BCUT2D eigenvalue weighted by Gasteiger charge is 2.26. The van der Waals surface area contributed by atoms with Crippen LogP contribution in [0.1, 0.15) is 30.4 Å². The molecule has 1 amide bonds. The van der Waals surface area contributed by atoms with Crippen molar-refractivity contribution in [3.05, 3.63) is 41.5 Å². The van der Waals surface area contributed by atoms with Gasteiger partial charge in [0.05, 0.1) is 11.6 Å². The maximum Gasteiger partial charge on any atom is 0.244 e. The molecule has 0 aromatic heterocycles. The Morgan fingerprint density at radius 3 is 2.71 bits per heavy atom. The van der Waals surface area contributed by atoms with Gasteiger partial charge in [-0.2, -0.15) is 5.26 Å². The van der Waals surface area contributed by atoms with E-state index in [1.807, 2.05) is 0 Å². The quantitative estimate of drug-likeness (QED) is 0.813. The lowest BCUT2D eigenvalue weighted by Gasteiger charge is -2.17. The zero-order valence-corrected chi connectivity index (χ0v) is 12.0. The molecule has 1 aromatic carbocycles. The number of nitriles is 1. The van der Waals surface area contributed by atoms with Gasteiger partial charge >= 0.3 is 0 Å². The molecule has 2 rings (SSSR count). The molecule has 1 aliphatic carbocycles. The monoisotopic (exact) mass is 284 g/mol. The standard InChI is InChI=1S/C17H20N2O2/c18-10-14-6-4-13(5-7-14)8-9-17(21)19-11-15-2-1-3-16(15)12-20/h4-9,15-16,20H,1-3,11-12H2,(H,19,21). The number of aliphatic hydroxyl groups is 1. The molecule has 110 valence electrons. The Kier molecular flexibility index (Phi) is 5.53. The van der Waals surface area contributed by atoms with Crippen molar-refractivity contribution in [1.29, 1.82) is 5.26 Å². The molecule has 0 bridgehead atoms. The number of benzene rings is 1.